The molecule has 2 aliphatic heterocycles. The molecule has 3 rings (SSSR count). The maximum Gasteiger partial charge on any atom is 0.470 e. The number of hydrogen-bond donors (Lipinski definition) is 13. The summed E-state index contributed by atoms with van der Waals surface area (Å²) in [5.41, 5.74) is 21.9. The van der Waals surface area contributed by atoms with E-state index in [1.54, 1.807) is 6.92 Å². The molecule has 0 aromatic heterocycles. The lowest BCUT2D eigenvalue weighted by Gasteiger charge is -2.46. The fourth-order valence-electron chi connectivity index (χ4n) is 5.47. The second-order valence-corrected chi connectivity index (χ2v) is 11.6. The van der Waals surface area contributed by atoms with Gasteiger partial charge in [0.25, 0.3) is 0 Å². The Kier molecular flexibility index (Phi) is 12.1. The molecule has 250 valence electrons. The molecule has 0 aromatic rings. The molecule has 17 N–H and O–H groups in total. The van der Waals surface area contributed by atoms with Gasteiger partial charge in [-0.05, 0) is 14.0 Å². The zero-order valence-electron chi connectivity index (χ0n) is 23.3. The summed E-state index contributed by atoms with van der Waals surface area (Å²) in [6, 6.07) is -4.28. The van der Waals surface area contributed by atoms with E-state index in [4.69, 9.17) is 46.4 Å². The van der Waals surface area contributed by atoms with Gasteiger partial charge in [0.05, 0.1) is 25.4 Å². The number of aliphatic hydroxyl groups excluding tert-OH is 6. The van der Waals surface area contributed by atoms with E-state index in [9.17, 15) is 45.0 Å². The molecule has 0 unspecified atom stereocenters. The number of likely N-dealkylation sites (N-methyl/N-ethyl adjacent to an activating group) is 1. The van der Waals surface area contributed by atoms with Crippen molar-refractivity contribution in [2.24, 2.45) is 38.8 Å². The van der Waals surface area contributed by atoms with E-state index in [2.05, 4.69) is 15.3 Å². The van der Waals surface area contributed by atoms with Crippen LogP contribution in [0.2, 0.25) is 0 Å². The van der Waals surface area contributed by atoms with Crippen LogP contribution in [0.1, 0.15) is 6.92 Å². The first-order valence-corrected chi connectivity index (χ1v) is 14.7. The van der Waals surface area contributed by atoms with Gasteiger partial charge in [0, 0.05) is 5.92 Å². The van der Waals surface area contributed by atoms with Crippen molar-refractivity contribution in [3.05, 3.63) is 0 Å². The van der Waals surface area contributed by atoms with Crippen molar-refractivity contribution in [1.82, 2.24) is 5.32 Å². The molecule has 15 atom stereocenters. The number of aliphatic hydroxyl groups is 6. The first-order valence-electron chi connectivity index (χ1n) is 13.2. The van der Waals surface area contributed by atoms with Crippen LogP contribution < -0.4 is 28.3 Å². The molecule has 2 heterocycles. The average molecular weight is 648 g/mol. The molecule has 1 saturated carbocycles. The zero-order chi connectivity index (χ0) is 32.4. The van der Waals surface area contributed by atoms with Gasteiger partial charge in [-0.25, -0.2) is 14.5 Å². The Morgan fingerprint density at radius 2 is 1.37 bits per heavy atom. The molecule has 0 radical (unpaired) electrons. The molecule has 43 heavy (non-hydrogen) atoms. The summed E-state index contributed by atoms with van der Waals surface area (Å²) in [5.74, 6) is -2.00. The van der Waals surface area contributed by atoms with Gasteiger partial charge >= 0.3 is 7.82 Å². The number of phosphoric acid groups is 1. The van der Waals surface area contributed by atoms with Gasteiger partial charge in [-0.15, -0.1) is 0 Å². The Morgan fingerprint density at radius 1 is 0.814 bits per heavy atom. The second kappa shape index (κ2) is 14.5. The fourth-order valence-corrected chi connectivity index (χ4v) is 6.04. The van der Waals surface area contributed by atoms with E-state index in [1.165, 1.54) is 7.05 Å². The van der Waals surface area contributed by atoms with Gasteiger partial charge in [0.2, 0.25) is 0 Å². The molecule has 0 bridgehead atoms. The Bertz CT molecular complexity index is 1030. The van der Waals surface area contributed by atoms with Crippen LogP contribution in [0.5, 0.6) is 0 Å². The van der Waals surface area contributed by atoms with Crippen molar-refractivity contribution in [1.29, 1.82) is 0 Å². The van der Waals surface area contributed by atoms with Gasteiger partial charge in [0.1, 0.15) is 60.9 Å². The Morgan fingerprint density at radius 3 is 1.86 bits per heavy atom. The number of nitrogens with zero attached hydrogens (tertiary/aromatic N) is 2. The summed E-state index contributed by atoms with van der Waals surface area (Å²) in [6.45, 7) is 0.391. The number of ether oxygens (including phenoxy) is 4. The quantitative estimate of drug-likeness (QED) is 0.0562. The van der Waals surface area contributed by atoms with Gasteiger partial charge < -0.3 is 87.6 Å². The molecule has 2 saturated heterocycles. The van der Waals surface area contributed by atoms with Gasteiger partial charge in [0.15, 0.2) is 24.5 Å². The fraction of sp³-hybridized carbons (Fsp3) is 0.905. The smallest absolute Gasteiger partial charge is 0.396 e. The standard InChI is InChI=1S/C21H42N7O14P/c1-5-6(3-29)15(40-18-10(26-2)13(33)11(31)7(4-30)39-18)19(38-5)41-16-8(27-20(22)23)12(32)9(28-21(24)25)17(14(16)34)42-43(35,36)37/h5-19,26,29-34H,3-4H2,1-2H3,(H4,22,23,27)(H4,24,25,28)(H2,35,36,37)/t5-,6+,7-,8-,9+,10-,11-,12-,13-,14-,15+,16+,17-,18-,19-/m0/s1. The largest absolute Gasteiger partial charge is 0.470 e. The molecule has 22 heteroatoms. The van der Waals surface area contributed by atoms with E-state index in [-0.39, 0.29) is 0 Å². The predicted octanol–water partition coefficient (Wildman–Crippen LogP) is -7.37. The topological polar surface area (TPSA) is 366 Å². The van der Waals surface area contributed by atoms with Crippen LogP contribution in [0.3, 0.4) is 0 Å². The number of nitrogens with one attached hydrogen (secondary N) is 1. The zero-order valence-corrected chi connectivity index (χ0v) is 24.1. The molecule has 21 nitrogen and oxygen atoms in total. The highest BCUT2D eigenvalue weighted by atomic mass is 31.2. The predicted molar refractivity (Wildman–Crippen MR) is 143 cm³/mol. The monoisotopic (exact) mass is 647 g/mol. The number of nitrogens with two attached hydrogens (primary N) is 4. The first-order chi connectivity index (χ1) is 20.0. The van der Waals surface area contributed by atoms with Crippen LogP contribution in [0.15, 0.2) is 9.98 Å². The third-order valence-corrected chi connectivity index (χ3v) is 8.07. The summed E-state index contributed by atoms with van der Waals surface area (Å²) in [7, 11) is -3.86. The number of aliphatic imine (C=N–C) groups is 2. The SMILES string of the molecule is CN[C@@H]1[C@H](O[C@H]2[C@H](O[C@H]3[C@H](O)[C@@H](OP(=O)(O)O)[C@H](N=C(N)N)[C@@H](O)[C@@H]3N=C(N)N)O[C@@H](C)[C@H]2CO)O[C@@H](CO)[C@H](O)[C@H]1O. The highest BCUT2D eigenvalue weighted by Crippen LogP contribution is 2.44. The van der Waals surface area contributed by atoms with Gasteiger partial charge in [-0.3, -0.25) is 4.52 Å². The molecular weight excluding hydrogens is 605 g/mol. The molecule has 3 fully saturated rings. The van der Waals surface area contributed by atoms with Gasteiger partial charge in [-0.2, -0.15) is 0 Å². The molecule has 3 aliphatic rings. The van der Waals surface area contributed by atoms with E-state index >= 15 is 0 Å². The van der Waals surface area contributed by atoms with Crippen molar-refractivity contribution in [2.75, 3.05) is 20.3 Å². The van der Waals surface area contributed by atoms with Crippen LogP contribution in [-0.4, -0.2) is 158 Å². The van der Waals surface area contributed by atoms with Crippen LogP contribution in [0, 0.1) is 5.92 Å². The van der Waals surface area contributed by atoms with Crippen molar-refractivity contribution in [3.63, 3.8) is 0 Å². The molecule has 0 aromatic carbocycles. The van der Waals surface area contributed by atoms with Crippen molar-refractivity contribution in [3.8, 4) is 0 Å². The lowest BCUT2D eigenvalue weighted by atomic mass is 9.81. The third-order valence-electron chi connectivity index (χ3n) is 7.55. The van der Waals surface area contributed by atoms with Crippen molar-refractivity contribution < 1.29 is 68.5 Å². The summed E-state index contributed by atoms with van der Waals surface area (Å²) in [6.07, 6.45) is -16.5. The maximum absolute atomic E-state index is 11.8. The number of phosphoric ester groups is 1. The summed E-state index contributed by atoms with van der Waals surface area (Å²) in [5, 5.41) is 65.8. The molecular formula is C21H42N7O14P. The van der Waals surface area contributed by atoms with Crippen LogP contribution >= 0.6 is 7.82 Å². The molecule has 0 spiro atoms. The lowest BCUT2D eigenvalue weighted by molar-refractivity contribution is -0.309. The minimum absolute atomic E-state index is 0.513. The van der Waals surface area contributed by atoms with E-state index in [0.717, 1.165) is 0 Å². The minimum Gasteiger partial charge on any atom is -0.396 e. The minimum atomic E-state index is -5.32. The van der Waals surface area contributed by atoms with Crippen molar-refractivity contribution in [2.45, 2.75) is 92.6 Å². The van der Waals surface area contributed by atoms with Crippen LogP contribution in [-0.2, 0) is 28.0 Å². The van der Waals surface area contributed by atoms with Crippen LogP contribution in [0.4, 0.5) is 0 Å². The van der Waals surface area contributed by atoms with E-state index < -0.39 is 125 Å². The molecule has 0 amide bonds. The Hall–Kier alpha value is -1.79. The number of guanidine groups is 2. The summed E-state index contributed by atoms with van der Waals surface area (Å²) in [4.78, 5) is 26.6. The summed E-state index contributed by atoms with van der Waals surface area (Å²) >= 11 is 0. The first kappa shape index (κ1) is 35.7. The molecule has 1 aliphatic carbocycles. The summed E-state index contributed by atoms with van der Waals surface area (Å²) < 4.78 is 40.1. The highest BCUT2D eigenvalue weighted by Gasteiger charge is 2.57. The number of hydrogen-bond acceptors (Lipinski definition) is 15. The second-order valence-electron chi connectivity index (χ2n) is 10.4. The van der Waals surface area contributed by atoms with Crippen LogP contribution in [0.25, 0.3) is 0 Å². The van der Waals surface area contributed by atoms with Gasteiger partial charge in [-0.1, -0.05) is 0 Å². The normalized spacial score (nSPS) is 43.7. The van der Waals surface area contributed by atoms with E-state index in [1.807, 2.05) is 0 Å². The Balaban J connectivity index is 1.99. The van der Waals surface area contributed by atoms with E-state index in [0.29, 0.717) is 0 Å². The average Bonchev–Trinajstić information content (AvgIpc) is 3.20. The highest BCUT2D eigenvalue weighted by molar-refractivity contribution is 7.46. The maximum atomic E-state index is 11.8. The van der Waals surface area contributed by atoms with Crippen molar-refractivity contribution >= 4 is 19.7 Å². The lowest BCUT2D eigenvalue weighted by Crippen LogP contribution is -2.66. The number of rotatable bonds is 11. The Labute approximate surface area is 245 Å². The third kappa shape index (κ3) is 8.09.